The monoisotopic (exact) mass is 228 g/mol. The van der Waals surface area contributed by atoms with Gasteiger partial charge in [-0.25, -0.2) is 0 Å². The largest absolute Gasteiger partial charge is 0.278 e. The lowest BCUT2D eigenvalue weighted by Crippen LogP contribution is -1.91. The Labute approximate surface area is 78.7 Å². The molecule has 1 radical (unpaired) electrons. The Kier molecular flexibility index (Phi) is 2.47. The van der Waals surface area contributed by atoms with Crippen molar-refractivity contribution in [3.63, 3.8) is 0 Å². The Hall–Kier alpha value is -0.900. The van der Waals surface area contributed by atoms with Crippen molar-refractivity contribution in [3.05, 3.63) is 37.8 Å². The second-order valence-electron chi connectivity index (χ2n) is 2.53. The topological polar surface area (TPSA) is 43.1 Å². The van der Waals surface area contributed by atoms with Crippen molar-refractivity contribution in [2.75, 3.05) is 0 Å². The quantitative estimate of drug-likeness (QED) is 0.548. The molecule has 3 nitrogen and oxygen atoms in total. The van der Waals surface area contributed by atoms with E-state index in [0.29, 0.717) is 0 Å². The van der Waals surface area contributed by atoms with Crippen LogP contribution in [0.4, 0.5) is 5.69 Å². The summed E-state index contributed by atoms with van der Waals surface area (Å²) in [6.07, 6.45) is 0. The van der Waals surface area contributed by atoms with E-state index in [4.69, 9.17) is 0 Å². The average molecular weight is 229 g/mol. The van der Waals surface area contributed by atoms with Gasteiger partial charge in [-0.05, 0) is 25.0 Å². The molecule has 0 unspecified atom stereocenters. The highest BCUT2D eigenvalue weighted by Gasteiger charge is 2.10. The number of rotatable bonds is 1. The minimum atomic E-state index is -0.438. The van der Waals surface area contributed by atoms with E-state index < -0.39 is 4.92 Å². The number of nitrogens with zero attached hydrogens (tertiary/aromatic N) is 1. The van der Waals surface area contributed by atoms with Crippen LogP contribution < -0.4 is 0 Å². The fourth-order valence-electron chi connectivity index (χ4n) is 0.946. The van der Waals surface area contributed by atoms with Crippen LogP contribution in [0, 0.1) is 30.0 Å². The fraction of sp³-hybridized carbons (Fsp3) is 0.250. The molecule has 0 saturated heterocycles. The zero-order chi connectivity index (χ0) is 9.30. The number of aryl methyl sites for hydroxylation is 2. The van der Waals surface area contributed by atoms with Crippen molar-refractivity contribution in [1.29, 1.82) is 0 Å². The van der Waals surface area contributed by atoms with Gasteiger partial charge in [-0.1, -0.05) is 15.9 Å². The van der Waals surface area contributed by atoms with Crippen LogP contribution in [0.5, 0.6) is 0 Å². The summed E-state index contributed by atoms with van der Waals surface area (Å²) in [5.74, 6) is 0. The molecule has 0 bridgehead atoms. The van der Waals surface area contributed by atoms with Gasteiger partial charge in [-0.3, -0.25) is 10.1 Å². The van der Waals surface area contributed by atoms with Gasteiger partial charge in [0.2, 0.25) is 0 Å². The van der Waals surface area contributed by atoms with Gasteiger partial charge in [0.25, 0.3) is 5.69 Å². The van der Waals surface area contributed by atoms with Gasteiger partial charge < -0.3 is 0 Å². The van der Waals surface area contributed by atoms with E-state index in [9.17, 15) is 10.1 Å². The maximum absolute atomic E-state index is 10.4. The van der Waals surface area contributed by atoms with E-state index in [0.717, 1.165) is 15.6 Å². The number of benzene rings is 1. The van der Waals surface area contributed by atoms with Crippen molar-refractivity contribution in [1.82, 2.24) is 0 Å². The zero-order valence-electron chi connectivity index (χ0n) is 6.72. The Bertz CT molecular complexity index is 313. The smallest absolute Gasteiger partial charge is 0.258 e. The third-order valence-corrected chi connectivity index (χ3v) is 2.76. The van der Waals surface area contributed by atoms with Crippen molar-refractivity contribution < 1.29 is 4.92 Å². The first-order chi connectivity index (χ1) is 5.52. The van der Waals surface area contributed by atoms with Crippen molar-refractivity contribution in [2.45, 2.75) is 13.8 Å². The molecule has 0 aliphatic carbocycles. The molecule has 0 aliphatic rings. The van der Waals surface area contributed by atoms with Crippen LogP contribution in [0.15, 0.2) is 10.5 Å². The molecule has 1 aromatic rings. The standard InChI is InChI=1S/C8H7BrNO2/c1-5-3-7(10(11)12)4-6(2)8(5)9/h3H,1-2H3. The molecule has 0 aliphatic heterocycles. The third-order valence-electron chi connectivity index (χ3n) is 1.54. The van der Waals surface area contributed by atoms with Gasteiger partial charge in [-0.2, -0.15) is 0 Å². The van der Waals surface area contributed by atoms with Gasteiger partial charge >= 0.3 is 0 Å². The number of hydrogen-bond donors (Lipinski definition) is 0. The summed E-state index contributed by atoms with van der Waals surface area (Å²) < 4.78 is 0.883. The van der Waals surface area contributed by atoms with E-state index in [1.54, 1.807) is 6.92 Å². The van der Waals surface area contributed by atoms with Gasteiger partial charge in [0.15, 0.2) is 0 Å². The van der Waals surface area contributed by atoms with Crippen LogP contribution in [0.3, 0.4) is 0 Å². The number of hydrogen-bond acceptors (Lipinski definition) is 2. The summed E-state index contributed by atoms with van der Waals surface area (Å²) in [6.45, 7) is 3.60. The second-order valence-corrected chi connectivity index (χ2v) is 3.33. The number of nitro benzene ring substituents is 1. The van der Waals surface area contributed by atoms with Crippen LogP contribution in [0.25, 0.3) is 0 Å². The lowest BCUT2D eigenvalue weighted by Gasteiger charge is -2.00. The van der Waals surface area contributed by atoms with E-state index >= 15 is 0 Å². The first kappa shape index (κ1) is 9.19. The molecule has 1 aromatic carbocycles. The van der Waals surface area contributed by atoms with Gasteiger partial charge in [0.1, 0.15) is 0 Å². The molecular weight excluding hydrogens is 222 g/mol. The minimum absolute atomic E-state index is 0.0215. The molecule has 4 heteroatoms. The number of halogens is 1. The predicted octanol–water partition coefficient (Wildman–Crippen LogP) is 2.77. The van der Waals surface area contributed by atoms with Crippen LogP contribution in [0.1, 0.15) is 11.1 Å². The van der Waals surface area contributed by atoms with Crippen molar-refractivity contribution in [3.8, 4) is 0 Å². The SMILES string of the molecule is Cc1[c]c([N+](=O)[O-])cc(C)c1Br. The number of non-ortho nitro benzene ring substituents is 1. The predicted molar refractivity (Wildman–Crippen MR) is 49.1 cm³/mol. The second kappa shape index (κ2) is 3.23. The Morgan fingerprint density at radius 2 is 2.17 bits per heavy atom. The maximum Gasteiger partial charge on any atom is 0.278 e. The molecular formula is C8H7BrNO2. The molecule has 0 N–H and O–H groups in total. The van der Waals surface area contributed by atoms with Gasteiger partial charge in [0, 0.05) is 10.5 Å². The highest BCUT2D eigenvalue weighted by atomic mass is 79.9. The van der Waals surface area contributed by atoms with Crippen LogP contribution in [0.2, 0.25) is 0 Å². The average Bonchev–Trinajstić information content (AvgIpc) is 1.99. The normalized spacial score (nSPS) is 9.92. The molecule has 0 heterocycles. The van der Waals surface area contributed by atoms with Gasteiger partial charge in [-0.15, -0.1) is 0 Å². The molecule has 0 spiro atoms. The maximum atomic E-state index is 10.4. The lowest BCUT2D eigenvalue weighted by atomic mass is 10.1. The molecule has 0 fully saturated rings. The van der Waals surface area contributed by atoms with E-state index in [1.807, 2.05) is 6.92 Å². The van der Waals surface area contributed by atoms with Crippen molar-refractivity contribution >= 4 is 21.6 Å². The molecule has 1 rings (SSSR count). The molecule has 0 atom stereocenters. The fourth-order valence-corrected chi connectivity index (χ4v) is 1.16. The summed E-state index contributed by atoms with van der Waals surface area (Å²) in [5, 5.41) is 10.4. The van der Waals surface area contributed by atoms with Gasteiger partial charge in [0.05, 0.1) is 11.0 Å². The Morgan fingerprint density at radius 3 is 2.58 bits per heavy atom. The Morgan fingerprint density at radius 1 is 1.58 bits per heavy atom. The molecule has 63 valence electrons. The van der Waals surface area contributed by atoms with Crippen LogP contribution in [-0.4, -0.2) is 4.92 Å². The molecule has 0 amide bonds. The highest BCUT2D eigenvalue weighted by Crippen LogP contribution is 2.25. The zero-order valence-corrected chi connectivity index (χ0v) is 8.31. The summed E-state index contributed by atoms with van der Waals surface area (Å²) in [6, 6.07) is 4.17. The van der Waals surface area contributed by atoms with Crippen molar-refractivity contribution in [2.24, 2.45) is 0 Å². The minimum Gasteiger partial charge on any atom is -0.258 e. The summed E-state index contributed by atoms with van der Waals surface area (Å²) in [5.41, 5.74) is 1.65. The Balaban J connectivity index is 3.31. The highest BCUT2D eigenvalue weighted by molar-refractivity contribution is 9.10. The van der Waals surface area contributed by atoms with Crippen LogP contribution >= 0.6 is 15.9 Å². The number of nitro groups is 1. The van der Waals surface area contributed by atoms with Crippen LogP contribution in [-0.2, 0) is 0 Å². The third kappa shape index (κ3) is 1.64. The summed E-state index contributed by atoms with van der Waals surface area (Å²) >= 11 is 3.31. The lowest BCUT2D eigenvalue weighted by molar-refractivity contribution is -0.385. The van der Waals surface area contributed by atoms with E-state index in [2.05, 4.69) is 22.0 Å². The summed E-state index contributed by atoms with van der Waals surface area (Å²) in [7, 11) is 0. The molecule has 12 heavy (non-hydrogen) atoms. The van der Waals surface area contributed by atoms with E-state index in [1.165, 1.54) is 6.07 Å². The first-order valence-corrected chi connectivity index (χ1v) is 4.15. The van der Waals surface area contributed by atoms with E-state index in [-0.39, 0.29) is 5.69 Å². The molecule has 0 saturated carbocycles. The molecule has 0 aromatic heterocycles. The summed E-state index contributed by atoms with van der Waals surface area (Å²) in [4.78, 5) is 9.94. The first-order valence-electron chi connectivity index (χ1n) is 3.36.